The van der Waals surface area contributed by atoms with Gasteiger partial charge in [0.05, 0.1) is 32.8 Å². The van der Waals surface area contributed by atoms with Crippen molar-refractivity contribution in [1.82, 2.24) is 0 Å². The lowest BCUT2D eigenvalue weighted by Gasteiger charge is -2.06. The zero-order valence-corrected chi connectivity index (χ0v) is 11.1. The third kappa shape index (κ3) is 8.36. The summed E-state index contributed by atoms with van der Waals surface area (Å²) in [5.74, 6) is 2.71. The van der Waals surface area contributed by atoms with Crippen LogP contribution in [-0.2, 0) is 19.0 Å². The average molecular weight is 253 g/mol. The maximum atomic E-state index is 11.0. The lowest BCUT2D eigenvalue weighted by molar-refractivity contribution is -0.139. The molecular formula is C13H19NO4. The Bertz CT molecular complexity index is 352. The number of terminal acetylenes is 1. The van der Waals surface area contributed by atoms with E-state index in [4.69, 9.17) is 15.9 Å². The first-order valence-corrected chi connectivity index (χ1v) is 5.48. The monoisotopic (exact) mass is 253 g/mol. The summed E-state index contributed by atoms with van der Waals surface area (Å²) in [6.45, 7) is 2.62. The van der Waals surface area contributed by atoms with E-state index in [1.165, 1.54) is 13.3 Å². The van der Waals surface area contributed by atoms with Gasteiger partial charge in [-0.15, -0.1) is 6.42 Å². The van der Waals surface area contributed by atoms with Crippen LogP contribution in [0.2, 0.25) is 0 Å². The van der Waals surface area contributed by atoms with Gasteiger partial charge in [-0.3, -0.25) is 9.79 Å². The molecule has 0 saturated heterocycles. The molecule has 0 spiro atoms. The molecule has 0 aliphatic carbocycles. The molecule has 0 saturated carbocycles. The average Bonchev–Trinajstić information content (AvgIpc) is 2.36. The van der Waals surface area contributed by atoms with Gasteiger partial charge in [-0.05, 0) is 6.92 Å². The molecule has 0 aromatic carbocycles. The quantitative estimate of drug-likeness (QED) is 0.216. The van der Waals surface area contributed by atoms with E-state index in [9.17, 15) is 4.79 Å². The Labute approximate surface area is 108 Å². The Morgan fingerprint density at radius 3 is 2.67 bits per heavy atom. The minimum absolute atomic E-state index is 0.147. The second-order valence-corrected chi connectivity index (χ2v) is 3.43. The van der Waals surface area contributed by atoms with Crippen LogP contribution in [0.5, 0.6) is 0 Å². The van der Waals surface area contributed by atoms with Crippen molar-refractivity contribution in [3.8, 4) is 12.3 Å². The van der Waals surface area contributed by atoms with Crippen LogP contribution < -0.4 is 0 Å². The molecule has 0 N–H and O–H groups in total. The van der Waals surface area contributed by atoms with Crippen molar-refractivity contribution >= 4 is 11.7 Å². The van der Waals surface area contributed by atoms with Crippen molar-refractivity contribution < 1.29 is 19.0 Å². The van der Waals surface area contributed by atoms with E-state index in [1.54, 1.807) is 14.0 Å². The molecule has 100 valence electrons. The second kappa shape index (κ2) is 10.4. The summed E-state index contributed by atoms with van der Waals surface area (Å²) in [7, 11) is 2.93. The third-order valence-electron chi connectivity index (χ3n) is 1.91. The highest BCUT2D eigenvalue weighted by Crippen LogP contribution is 2.04. The molecule has 0 aromatic rings. The van der Waals surface area contributed by atoms with Crippen molar-refractivity contribution in [3.63, 3.8) is 0 Å². The normalized spacial score (nSPS) is 11.9. The van der Waals surface area contributed by atoms with E-state index >= 15 is 0 Å². The summed E-state index contributed by atoms with van der Waals surface area (Å²) < 4.78 is 14.8. The summed E-state index contributed by atoms with van der Waals surface area (Å²) in [6.07, 6.45) is 7.23. The first kappa shape index (κ1) is 16.2. The van der Waals surface area contributed by atoms with E-state index in [1.807, 2.05) is 0 Å². The number of hydrogen-bond donors (Lipinski definition) is 0. The summed E-state index contributed by atoms with van der Waals surface area (Å²) in [4.78, 5) is 15.1. The van der Waals surface area contributed by atoms with Crippen LogP contribution in [0.1, 0.15) is 19.8 Å². The number of nitrogens with zero attached hydrogens (tertiary/aromatic N) is 1. The van der Waals surface area contributed by atoms with Gasteiger partial charge < -0.3 is 14.2 Å². The number of ether oxygens (including phenoxy) is 3. The molecule has 0 aliphatic rings. The highest BCUT2D eigenvalue weighted by Gasteiger charge is 2.02. The van der Waals surface area contributed by atoms with Crippen LogP contribution in [0.4, 0.5) is 0 Å². The largest absolute Gasteiger partial charge is 0.493 e. The molecule has 0 rings (SSSR count). The molecule has 5 heteroatoms. The molecule has 0 aliphatic heterocycles. The fourth-order valence-electron chi connectivity index (χ4n) is 1.000. The van der Waals surface area contributed by atoms with Crippen LogP contribution in [-0.4, -0.2) is 39.1 Å². The van der Waals surface area contributed by atoms with Crippen LogP contribution in [0.3, 0.4) is 0 Å². The van der Waals surface area contributed by atoms with Gasteiger partial charge >= 0.3 is 5.97 Å². The molecule has 0 aromatic heterocycles. The highest BCUT2D eigenvalue weighted by atomic mass is 16.5. The van der Waals surface area contributed by atoms with Gasteiger partial charge in [0.25, 0.3) is 0 Å². The Kier molecular flexibility index (Phi) is 9.32. The lowest BCUT2D eigenvalue weighted by Crippen LogP contribution is -2.06. The second-order valence-electron chi connectivity index (χ2n) is 3.43. The first-order valence-electron chi connectivity index (χ1n) is 5.48. The van der Waals surface area contributed by atoms with E-state index in [2.05, 4.69) is 15.6 Å². The van der Waals surface area contributed by atoms with Crippen molar-refractivity contribution in [2.24, 2.45) is 4.99 Å². The van der Waals surface area contributed by atoms with Crippen LogP contribution in [0.15, 0.2) is 17.0 Å². The van der Waals surface area contributed by atoms with Gasteiger partial charge in [-0.2, -0.15) is 0 Å². The smallest absolute Gasteiger partial charge is 0.311 e. The molecule has 0 radical (unpaired) electrons. The summed E-state index contributed by atoms with van der Waals surface area (Å²) in [6, 6.07) is 0. The van der Waals surface area contributed by atoms with Crippen molar-refractivity contribution in [2.45, 2.75) is 19.8 Å². The van der Waals surface area contributed by atoms with Gasteiger partial charge in [-0.25, -0.2) is 0 Å². The molecular weight excluding hydrogens is 234 g/mol. The number of hydrogen-bond acceptors (Lipinski definition) is 5. The number of aliphatic imine (C=N–C) groups is 1. The molecule has 5 nitrogen and oxygen atoms in total. The zero-order valence-electron chi connectivity index (χ0n) is 11.1. The predicted octanol–water partition coefficient (Wildman–Crippen LogP) is 1.54. The fraction of sp³-hybridized carbons (Fsp3) is 0.538. The van der Waals surface area contributed by atoms with Crippen LogP contribution in [0.25, 0.3) is 0 Å². The number of carbonyl (C=O) groups is 1. The lowest BCUT2D eigenvalue weighted by atomic mass is 10.3. The predicted molar refractivity (Wildman–Crippen MR) is 69.1 cm³/mol. The van der Waals surface area contributed by atoms with E-state index in [-0.39, 0.29) is 12.4 Å². The van der Waals surface area contributed by atoms with Gasteiger partial charge in [-0.1, -0.05) is 5.92 Å². The molecule has 0 fully saturated rings. The Balaban J connectivity index is 4.40. The van der Waals surface area contributed by atoms with Gasteiger partial charge in [0.15, 0.2) is 0 Å². The standard InChI is InChI=1S/C13H19NO4/c1-5-6-12(18-8-7-16-3)10-14-11(2)9-13(15)17-4/h1,10H,6-9H2,2-4H3/b12-10+,14-11?. The Morgan fingerprint density at radius 2 is 2.11 bits per heavy atom. The van der Waals surface area contributed by atoms with Gasteiger partial charge in [0, 0.05) is 12.8 Å². The highest BCUT2D eigenvalue weighted by molar-refractivity contribution is 5.97. The Morgan fingerprint density at radius 1 is 1.39 bits per heavy atom. The van der Waals surface area contributed by atoms with E-state index in [0.29, 0.717) is 31.1 Å². The van der Waals surface area contributed by atoms with E-state index < -0.39 is 0 Å². The third-order valence-corrected chi connectivity index (χ3v) is 1.91. The number of carbonyl (C=O) groups excluding carboxylic acids is 1. The molecule has 18 heavy (non-hydrogen) atoms. The number of allylic oxidation sites excluding steroid dienone is 1. The Hall–Kier alpha value is -1.80. The van der Waals surface area contributed by atoms with Crippen molar-refractivity contribution in [2.75, 3.05) is 27.4 Å². The van der Waals surface area contributed by atoms with Crippen LogP contribution >= 0.6 is 0 Å². The minimum Gasteiger partial charge on any atom is -0.493 e. The SMILES string of the molecule is C#CC/C(=C\N=C(C)CC(=O)OC)OCCOC. The zero-order chi connectivity index (χ0) is 13.8. The maximum Gasteiger partial charge on any atom is 0.311 e. The molecule has 0 bridgehead atoms. The number of esters is 1. The summed E-state index contributed by atoms with van der Waals surface area (Å²) in [5, 5.41) is 0. The fourth-order valence-corrected chi connectivity index (χ4v) is 1.000. The topological polar surface area (TPSA) is 57.1 Å². The van der Waals surface area contributed by atoms with E-state index in [0.717, 1.165) is 0 Å². The summed E-state index contributed by atoms with van der Waals surface area (Å²) >= 11 is 0. The maximum absolute atomic E-state index is 11.0. The molecule has 0 amide bonds. The number of rotatable bonds is 8. The van der Waals surface area contributed by atoms with Gasteiger partial charge in [0.2, 0.25) is 0 Å². The van der Waals surface area contributed by atoms with Crippen molar-refractivity contribution in [1.29, 1.82) is 0 Å². The minimum atomic E-state index is -0.330. The van der Waals surface area contributed by atoms with Crippen molar-refractivity contribution in [3.05, 3.63) is 12.0 Å². The van der Waals surface area contributed by atoms with Crippen LogP contribution in [0, 0.1) is 12.3 Å². The summed E-state index contributed by atoms with van der Waals surface area (Å²) in [5.41, 5.74) is 0.631. The van der Waals surface area contributed by atoms with Gasteiger partial charge in [0.1, 0.15) is 12.4 Å². The molecule has 0 unspecified atom stereocenters. The number of methoxy groups -OCH3 is 2. The molecule has 0 atom stereocenters. The molecule has 0 heterocycles. The first-order chi connectivity index (χ1) is 8.63.